The fourth-order valence-electron chi connectivity index (χ4n) is 6.75. The molecule has 2 saturated heterocycles. The molecule has 2 N–H and O–H groups in total. The van der Waals surface area contributed by atoms with Crippen molar-refractivity contribution in [3.63, 3.8) is 0 Å². The van der Waals surface area contributed by atoms with E-state index < -0.39 is 0 Å². The Morgan fingerprint density at radius 3 is 1.69 bits per heavy atom. The van der Waals surface area contributed by atoms with Gasteiger partial charge < -0.3 is 57.7 Å². The van der Waals surface area contributed by atoms with Gasteiger partial charge in [0.25, 0.3) is 11.8 Å². The van der Waals surface area contributed by atoms with E-state index in [1.807, 2.05) is 77.5 Å². The molecule has 0 atom stereocenters. The molecule has 0 bridgehead atoms. The number of aromatic nitrogens is 2. The monoisotopic (exact) mass is 1030 g/mol. The molecular formula is C50H57ClN6O12S2. The number of amides is 3. The number of anilines is 2. The van der Waals surface area contributed by atoms with Crippen LogP contribution in [0.5, 0.6) is 34.5 Å². The van der Waals surface area contributed by atoms with E-state index in [1.54, 1.807) is 60.7 Å². The van der Waals surface area contributed by atoms with E-state index in [-0.39, 0.29) is 37.0 Å². The Morgan fingerprint density at radius 2 is 1.14 bits per heavy atom. The van der Waals surface area contributed by atoms with Crippen LogP contribution in [0.4, 0.5) is 10.3 Å². The second-order valence-corrected chi connectivity index (χ2v) is 17.1. The Morgan fingerprint density at radius 1 is 0.620 bits per heavy atom. The van der Waals surface area contributed by atoms with Crippen LogP contribution in [-0.4, -0.2) is 145 Å². The molecule has 2 aliphatic rings. The van der Waals surface area contributed by atoms with Crippen molar-refractivity contribution < 1.29 is 57.0 Å². The van der Waals surface area contributed by atoms with E-state index in [0.717, 1.165) is 44.7 Å². The Labute approximate surface area is 425 Å². The van der Waals surface area contributed by atoms with Crippen molar-refractivity contribution in [2.45, 2.75) is 6.54 Å². The van der Waals surface area contributed by atoms with Crippen molar-refractivity contribution in [3.8, 4) is 57.0 Å². The number of carbonyl (C=O) groups is 3. The number of morpholine rings is 2. The van der Waals surface area contributed by atoms with Crippen LogP contribution in [-0.2, 0) is 30.3 Å². The van der Waals surface area contributed by atoms with E-state index >= 15 is 0 Å². The fraction of sp³-hybridized carbons (Fsp3) is 0.340. The first kappa shape index (κ1) is 53.7. The summed E-state index contributed by atoms with van der Waals surface area (Å²) in [6.07, 6.45) is 0. The van der Waals surface area contributed by atoms with Gasteiger partial charge in [-0.05, 0) is 84.4 Å². The zero-order valence-electron chi connectivity index (χ0n) is 40.1. The third-order valence-electron chi connectivity index (χ3n) is 10.6. The van der Waals surface area contributed by atoms with Crippen LogP contribution in [0.3, 0.4) is 0 Å². The van der Waals surface area contributed by atoms with E-state index in [0.29, 0.717) is 92.8 Å². The van der Waals surface area contributed by atoms with E-state index in [9.17, 15) is 14.4 Å². The number of benzene rings is 4. The predicted molar refractivity (Wildman–Crippen MR) is 273 cm³/mol. The maximum Gasteiger partial charge on any atom is 0.260 e. The van der Waals surface area contributed by atoms with Gasteiger partial charge in [0, 0.05) is 67.3 Å². The number of nitrogens with zero attached hydrogens (tertiary/aromatic N) is 4. The zero-order valence-corrected chi connectivity index (χ0v) is 42.5. The van der Waals surface area contributed by atoms with Gasteiger partial charge in [-0.25, -0.2) is 9.97 Å². The van der Waals surface area contributed by atoms with Gasteiger partial charge in [-0.3, -0.25) is 19.7 Å². The van der Waals surface area contributed by atoms with Crippen LogP contribution in [0.2, 0.25) is 0 Å². The van der Waals surface area contributed by atoms with Crippen LogP contribution >= 0.6 is 34.3 Å². The number of hydrogen-bond donors (Lipinski definition) is 2. The molecule has 0 aliphatic carbocycles. The van der Waals surface area contributed by atoms with Crippen molar-refractivity contribution in [3.05, 3.63) is 107 Å². The van der Waals surface area contributed by atoms with Gasteiger partial charge in [-0.1, -0.05) is 6.07 Å². The lowest BCUT2D eigenvalue weighted by Crippen LogP contribution is -2.43. The highest BCUT2D eigenvalue weighted by molar-refractivity contribution is 7.14. The average Bonchev–Trinajstić information content (AvgIpc) is 4.12. The molecule has 0 spiro atoms. The Kier molecular flexibility index (Phi) is 21.3. The third-order valence-corrected chi connectivity index (χ3v) is 12.4. The lowest BCUT2D eigenvalue weighted by Gasteiger charge is -2.26. The van der Waals surface area contributed by atoms with Gasteiger partial charge in [-0.2, -0.15) is 0 Å². The number of alkyl halides is 1. The van der Waals surface area contributed by atoms with Gasteiger partial charge in [-0.15, -0.1) is 34.3 Å². The topological polar surface area (TPSA) is 191 Å². The SMILES string of the molecule is COCOc1ccc(C(=O)Nc2nc(-c3ccc(OC)cc3)cs2)cc1OC.COc1ccc(-c2csc(NCc3ccc(OCC(=O)N4CCOCC4)c(OC)c3)n2)cc1.O=C(CCl)N1CCOCC1. The summed E-state index contributed by atoms with van der Waals surface area (Å²) in [6.45, 7) is 5.63. The Bertz CT molecular complexity index is 2610. The van der Waals surface area contributed by atoms with Crippen LogP contribution < -0.4 is 39.1 Å². The van der Waals surface area contributed by atoms with Crippen molar-refractivity contribution in [1.82, 2.24) is 19.8 Å². The summed E-state index contributed by atoms with van der Waals surface area (Å²) in [6, 6.07) is 26.0. The number of rotatable bonds is 18. The summed E-state index contributed by atoms with van der Waals surface area (Å²) in [5, 5.41) is 11.4. The second kappa shape index (κ2) is 28.2. The fourth-order valence-corrected chi connectivity index (χ4v) is 8.36. The molecule has 8 rings (SSSR count). The maximum absolute atomic E-state index is 12.6. The Balaban J connectivity index is 0.000000196. The highest BCUT2D eigenvalue weighted by Gasteiger charge is 2.19. The summed E-state index contributed by atoms with van der Waals surface area (Å²) in [7, 11) is 7.90. The summed E-state index contributed by atoms with van der Waals surface area (Å²) in [5.74, 6) is 3.42. The van der Waals surface area contributed by atoms with Gasteiger partial charge in [0.2, 0.25) is 5.91 Å². The lowest BCUT2D eigenvalue weighted by atomic mass is 10.2. The minimum Gasteiger partial charge on any atom is -0.497 e. The summed E-state index contributed by atoms with van der Waals surface area (Å²) in [4.78, 5) is 48.4. The Hall–Kier alpha value is -6.68. The minimum absolute atomic E-state index is 0.00460. The number of thiazole rings is 2. The van der Waals surface area contributed by atoms with Crippen LogP contribution in [0.1, 0.15) is 15.9 Å². The molecule has 6 aromatic rings. The smallest absolute Gasteiger partial charge is 0.260 e. The highest BCUT2D eigenvalue weighted by Crippen LogP contribution is 2.32. The summed E-state index contributed by atoms with van der Waals surface area (Å²) < 4.78 is 47.5. The number of hydrogen-bond acceptors (Lipinski definition) is 17. The lowest BCUT2D eigenvalue weighted by molar-refractivity contribution is -0.137. The van der Waals surface area contributed by atoms with E-state index in [4.69, 9.17) is 54.2 Å². The maximum atomic E-state index is 12.6. The first-order valence-corrected chi connectivity index (χ1v) is 24.6. The molecular weight excluding hydrogens is 976 g/mol. The third kappa shape index (κ3) is 16.2. The van der Waals surface area contributed by atoms with E-state index in [2.05, 4.69) is 20.6 Å². The molecule has 4 heterocycles. The van der Waals surface area contributed by atoms with Crippen LogP contribution in [0.15, 0.2) is 95.7 Å². The average molecular weight is 1030 g/mol. The molecule has 2 aromatic heterocycles. The predicted octanol–water partition coefficient (Wildman–Crippen LogP) is 7.82. The summed E-state index contributed by atoms with van der Waals surface area (Å²) >= 11 is 8.26. The second-order valence-electron chi connectivity index (χ2n) is 15.2. The standard InChI is InChI=1S/C24H27N3O5S.C20H20N2O5S.C6H10ClNO2/c1-29-19-6-4-18(5-7-19)20-16-33-24(26-20)25-14-17-3-8-21(22(13-17)30-2)32-15-23(28)27-9-11-31-12-10-27;1-24-12-27-17-9-6-14(10-18(17)26-3)19(23)22-20-21-16(11-28-20)13-4-7-15(25-2)8-5-13;7-5-6(9)8-1-3-10-4-2-8/h3-8,13,16H,9-12,14-15H2,1-2H3,(H,25,26);4-11H,12H2,1-3H3,(H,21,22,23);1-5H2. The first-order chi connectivity index (χ1) is 34.6. The summed E-state index contributed by atoms with van der Waals surface area (Å²) in [5.41, 5.74) is 5.12. The van der Waals surface area contributed by atoms with Crippen LogP contribution in [0, 0.1) is 0 Å². The van der Waals surface area contributed by atoms with Gasteiger partial charge in [0.15, 0.2) is 46.7 Å². The molecule has 3 amide bonds. The molecule has 71 heavy (non-hydrogen) atoms. The largest absolute Gasteiger partial charge is 0.497 e. The van der Waals surface area contributed by atoms with Crippen molar-refractivity contribution in [1.29, 1.82) is 0 Å². The van der Waals surface area contributed by atoms with Crippen molar-refractivity contribution in [2.75, 3.05) is 118 Å². The van der Waals surface area contributed by atoms with Crippen molar-refractivity contribution in [2.24, 2.45) is 0 Å². The highest BCUT2D eigenvalue weighted by atomic mass is 35.5. The molecule has 2 fully saturated rings. The minimum atomic E-state index is -0.285. The number of halogens is 1. The number of nitrogens with one attached hydrogen (secondary N) is 2. The number of methoxy groups -OCH3 is 5. The number of carbonyl (C=O) groups excluding carboxylic acids is 3. The van der Waals surface area contributed by atoms with Crippen molar-refractivity contribution >= 4 is 62.3 Å². The zero-order chi connectivity index (χ0) is 50.4. The molecule has 4 aromatic carbocycles. The number of ether oxygens (including phenoxy) is 9. The van der Waals surface area contributed by atoms with E-state index in [1.165, 1.54) is 25.6 Å². The molecule has 0 unspecified atom stereocenters. The quantitative estimate of drug-likeness (QED) is 0.0625. The van der Waals surface area contributed by atoms with Gasteiger partial charge >= 0.3 is 0 Å². The molecule has 378 valence electrons. The van der Waals surface area contributed by atoms with Crippen LogP contribution in [0.25, 0.3) is 22.5 Å². The normalized spacial score (nSPS) is 13.0. The van der Waals surface area contributed by atoms with Gasteiger partial charge in [0.05, 0.1) is 66.3 Å². The molecule has 0 radical (unpaired) electrons. The molecule has 21 heteroatoms. The molecule has 18 nitrogen and oxygen atoms in total. The molecule has 0 saturated carbocycles. The van der Waals surface area contributed by atoms with Gasteiger partial charge in [0.1, 0.15) is 17.4 Å². The molecule has 2 aliphatic heterocycles. The first-order valence-electron chi connectivity index (χ1n) is 22.3.